The first-order valence-electron chi connectivity index (χ1n) is 6.36. The fourth-order valence-corrected chi connectivity index (χ4v) is 2.33. The summed E-state index contributed by atoms with van der Waals surface area (Å²) in [6, 6.07) is 11.4. The van der Waals surface area contributed by atoms with E-state index >= 15 is 0 Å². The molecule has 0 aliphatic carbocycles. The van der Waals surface area contributed by atoms with Gasteiger partial charge in [-0.1, -0.05) is 11.6 Å². The molecular weight excluding hydrogens is 308 g/mol. The standard InChI is InChI=1S/C14H13ClN4OS/c1-9-17-18-14(21)19(9)16-8-12-6-7-13(20-12)10-2-4-11(15)5-3-10/h2-7,16H,8H2,1H3,(H,18,21). The smallest absolute Gasteiger partial charge is 0.214 e. The van der Waals surface area contributed by atoms with Gasteiger partial charge < -0.3 is 9.84 Å². The van der Waals surface area contributed by atoms with Gasteiger partial charge >= 0.3 is 0 Å². The van der Waals surface area contributed by atoms with Crippen LogP contribution in [-0.4, -0.2) is 14.9 Å². The van der Waals surface area contributed by atoms with Crippen LogP contribution in [0.1, 0.15) is 11.6 Å². The van der Waals surface area contributed by atoms with Gasteiger partial charge in [0, 0.05) is 10.6 Å². The number of rotatable bonds is 4. The third-order valence-electron chi connectivity index (χ3n) is 3.04. The fourth-order valence-electron chi connectivity index (χ4n) is 1.96. The Morgan fingerprint density at radius 2 is 2.05 bits per heavy atom. The second kappa shape index (κ2) is 5.75. The molecule has 2 heterocycles. The number of nitrogens with one attached hydrogen (secondary N) is 2. The van der Waals surface area contributed by atoms with E-state index in [-0.39, 0.29) is 0 Å². The molecule has 21 heavy (non-hydrogen) atoms. The topological polar surface area (TPSA) is 58.8 Å². The quantitative estimate of drug-likeness (QED) is 0.716. The Labute approximate surface area is 131 Å². The van der Waals surface area contributed by atoms with E-state index in [0.717, 1.165) is 22.9 Å². The fraction of sp³-hybridized carbons (Fsp3) is 0.143. The van der Waals surface area contributed by atoms with E-state index < -0.39 is 0 Å². The molecule has 5 nitrogen and oxygen atoms in total. The van der Waals surface area contributed by atoms with E-state index in [1.54, 1.807) is 4.68 Å². The maximum atomic E-state index is 5.88. The van der Waals surface area contributed by atoms with Gasteiger partial charge in [0.2, 0.25) is 4.77 Å². The molecule has 2 N–H and O–H groups in total. The molecule has 108 valence electrons. The first-order chi connectivity index (χ1) is 10.1. The summed E-state index contributed by atoms with van der Waals surface area (Å²) in [5.41, 5.74) is 4.14. The number of hydrogen-bond donors (Lipinski definition) is 2. The minimum Gasteiger partial charge on any atom is -0.459 e. The molecule has 0 bridgehead atoms. The Morgan fingerprint density at radius 3 is 2.71 bits per heavy atom. The van der Waals surface area contributed by atoms with Crippen LogP contribution >= 0.6 is 23.8 Å². The SMILES string of the molecule is Cc1n[nH]c(=S)n1NCc1ccc(-c2ccc(Cl)cc2)o1. The monoisotopic (exact) mass is 320 g/mol. The molecular formula is C14H13ClN4OS. The average Bonchev–Trinajstić information content (AvgIpc) is 3.06. The second-order valence-corrected chi connectivity index (χ2v) is 5.34. The van der Waals surface area contributed by atoms with Crippen molar-refractivity contribution < 1.29 is 4.42 Å². The van der Waals surface area contributed by atoms with Crippen LogP contribution < -0.4 is 5.43 Å². The summed E-state index contributed by atoms with van der Waals surface area (Å²) < 4.78 is 8.04. The molecule has 0 fully saturated rings. The van der Waals surface area contributed by atoms with Crippen LogP contribution in [0.5, 0.6) is 0 Å². The van der Waals surface area contributed by atoms with Gasteiger partial charge in [0.25, 0.3) is 0 Å². The van der Waals surface area contributed by atoms with Crippen LogP contribution in [0.3, 0.4) is 0 Å². The summed E-state index contributed by atoms with van der Waals surface area (Å²) in [4.78, 5) is 0. The minimum absolute atomic E-state index is 0.516. The number of halogens is 1. The van der Waals surface area contributed by atoms with E-state index in [2.05, 4.69) is 15.6 Å². The van der Waals surface area contributed by atoms with E-state index in [1.165, 1.54) is 0 Å². The first-order valence-corrected chi connectivity index (χ1v) is 7.14. The number of nitrogens with zero attached hydrogens (tertiary/aromatic N) is 2. The number of benzene rings is 1. The second-order valence-electron chi connectivity index (χ2n) is 4.52. The van der Waals surface area contributed by atoms with Crippen molar-refractivity contribution in [3.8, 4) is 11.3 Å². The van der Waals surface area contributed by atoms with Crippen LogP contribution in [0.25, 0.3) is 11.3 Å². The predicted molar refractivity (Wildman–Crippen MR) is 84.4 cm³/mol. The summed E-state index contributed by atoms with van der Waals surface area (Å²) in [6.07, 6.45) is 0. The van der Waals surface area contributed by atoms with Gasteiger partial charge in [-0.3, -0.25) is 5.10 Å². The first kappa shape index (κ1) is 13.9. The van der Waals surface area contributed by atoms with E-state index in [1.807, 2.05) is 43.3 Å². The van der Waals surface area contributed by atoms with Gasteiger partial charge in [0.1, 0.15) is 17.3 Å². The maximum absolute atomic E-state index is 5.88. The van der Waals surface area contributed by atoms with Crippen molar-refractivity contribution in [1.82, 2.24) is 14.9 Å². The average molecular weight is 321 g/mol. The van der Waals surface area contributed by atoms with Crippen LogP contribution in [0, 0.1) is 11.7 Å². The Bertz CT molecular complexity index is 803. The summed E-state index contributed by atoms with van der Waals surface area (Å²) in [7, 11) is 0. The zero-order valence-electron chi connectivity index (χ0n) is 11.3. The molecule has 0 radical (unpaired) electrons. The minimum atomic E-state index is 0.516. The van der Waals surface area contributed by atoms with Crippen molar-refractivity contribution in [3.63, 3.8) is 0 Å². The Kier molecular flexibility index (Phi) is 3.81. The molecule has 0 spiro atoms. The van der Waals surface area contributed by atoms with Gasteiger partial charge in [-0.2, -0.15) is 5.10 Å². The lowest BCUT2D eigenvalue weighted by atomic mass is 10.2. The Hall–Kier alpha value is -2.05. The number of aryl methyl sites for hydroxylation is 1. The summed E-state index contributed by atoms with van der Waals surface area (Å²) >= 11 is 11.0. The number of furan rings is 1. The lowest BCUT2D eigenvalue weighted by Crippen LogP contribution is -2.15. The molecule has 0 unspecified atom stereocenters. The highest BCUT2D eigenvalue weighted by atomic mass is 35.5. The van der Waals surface area contributed by atoms with Crippen LogP contribution in [0.15, 0.2) is 40.8 Å². The molecule has 7 heteroatoms. The largest absolute Gasteiger partial charge is 0.459 e. The molecule has 0 aliphatic rings. The van der Waals surface area contributed by atoms with Crippen LogP contribution in [0.2, 0.25) is 5.02 Å². The third-order valence-corrected chi connectivity index (χ3v) is 3.57. The molecule has 0 atom stereocenters. The molecule has 0 amide bonds. The van der Waals surface area contributed by atoms with E-state index in [9.17, 15) is 0 Å². The van der Waals surface area contributed by atoms with Gasteiger partial charge in [-0.25, -0.2) is 4.68 Å². The zero-order chi connectivity index (χ0) is 14.8. The number of aromatic nitrogens is 3. The highest BCUT2D eigenvalue weighted by Gasteiger charge is 2.06. The summed E-state index contributed by atoms with van der Waals surface area (Å²) in [5, 5.41) is 7.45. The van der Waals surface area contributed by atoms with Gasteiger partial charge in [0.15, 0.2) is 0 Å². The van der Waals surface area contributed by atoms with Crippen molar-refractivity contribution in [1.29, 1.82) is 0 Å². The van der Waals surface area contributed by atoms with Crippen LogP contribution in [-0.2, 0) is 6.54 Å². The number of hydrogen-bond acceptors (Lipinski definition) is 4. The summed E-state index contributed by atoms with van der Waals surface area (Å²) in [6.45, 7) is 2.38. The van der Waals surface area contributed by atoms with Gasteiger partial charge in [0.05, 0.1) is 6.54 Å². The van der Waals surface area contributed by atoms with E-state index in [4.69, 9.17) is 28.2 Å². The molecule has 0 saturated carbocycles. The lowest BCUT2D eigenvalue weighted by molar-refractivity contribution is 0.521. The molecule has 2 aromatic heterocycles. The molecule has 3 aromatic rings. The number of H-pyrrole nitrogens is 1. The Morgan fingerprint density at radius 1 is 1.29 bits per heavy atom. The maximum Gasteiger partial charge on any atom is 0.214 e. The van der Waals surface area contributed by atoms with Gasteiger partial charge in [-0.05, 0) is 55.5 Å². The van der Waals surface area contributed by atoms with Crippen molar-refractivity contribution >= 4 is 23.8 Å². The van der Waals surface area contributed by atoms with Crippen molar-refractivity contribution in [2.24, 2.45) is 0 Å². The Balaban J connectivity index is 1.74. The normalized spacial score (nSPS) is 10.8. The van der Waals surface area contributed by atoms with Crippen LogP contribution in [0.4, 0.5) is 0 Å². The van der Waals surface area contributed by atoms with E-state index in [0.29, 0.717) is 16.3 Å². The zero-order valence-corrected chi connectivity index (χ0v) is 12.8. The van der Waals surface area contributed by atoms with Crippen molar-refractivity contribution in [3.05, 3.63) is 57.8 Å². The van der Waals surface area contributed by atoms with Crippen molar-refractivity contribution in [2.45, 2.75) is 13.5 Å². The molecule has 0 aliphatic heterocycles. The lowest BCUT2D eigenvalue weighted by Gasteiger charge is -2.05. The van der Waals surface area contributed by atoms with Crippen molar-refractivity contribution in [2.75, 3.05) is 5.43 Å². The molecule has 1 aromatic carbocycles. The predicted octanol–water partition coefficient (Wildman–Crippen LogP) is 3.91. The third kappa shape index (κ3) is 3.01. The number of aromatic amines is 1. The molecule has 3 rings (SSSR count). The molecule has 0 saturated heterocycles. The van der Waals surface area contributed by atoms with Gasteiger partial charge in [-0.15, -0.1) is 0 Å². The highest BCUT2D eigenvalue weighted by molar-refractivity contribution is 7.71. The summed E-state index contributed by atoms with van der Waals surface area (Å²) in [5.74, 6) is 2.38. The highest BCUT2D eigenvalue weighted by Crippen LogP contribution is 2.23.